The van der Waals surface area contributed by atoms with Gasteiger partial charge in [0.25, 0.3) is 0 Å². The molecule has 2 aliphatic carbocycles. The van der Waals surface area contributed by atoms with E-state index in [2.05, 4.69) is 52.6 Å². The molecule has 0 radical (unpaired) electrons. The van der Waals surface area contributed by atoms with Crippen LogP contribution in [0.25, 0.3) is 0 Å². The van der Waals surface area contributed by atoms with Gasteiger partial charge in [-0.15, -0.1) is 0 Å². The van der Waals surface area contributed by atoms with Crippen molar-refractivity contribution in [2.75, 3.05) is 18.1 Å². The van der Waals surface area contributed by atoms with Crippen LogP contribution in [0.15, 0.2) is 12.4 Å². The third-order valence-electron chi connectivity index (χ3n) is 7.07. The number of halogens is 1. The maximum Gasteiger partial charge on any atom is 0.132 e. The average Bonchev–Trinajstić information content (AvgIpc) is 3.27. The smallest absolute Gasteiger partial charge is 0.132 e. The molecule has 2 aliphatic heterocycles. The highest BCUT2D eigenvalue weighted by atomic mass is 19.1. The van der Waals surface area contributed by atoms with Crippen molar-refractivity contribution in [3.8, 4) is 0 Å². The van der Waals surface area contributed by atoms with Gasteiger partial charge < -0.3 is 14.4 Å². The number of fused-ring (bicyclic) bond motifs is 1. The van der Waals surface area contributed by atoms with E-state index in [-0.39, 0.29) is 41.8 Å². The molecule has 29 heavy (non-hydrogen) atoms. The Labute approximate surface area is 171 Å². The second-order valence-electron chi connectivity index (χ2n) is 9.57. The van der Waals surface area contributed by atoms with Crippen LogP contribution in [0.4, 0.5) is 10.2 Å². The minimum atomic E-state index is -0.919. The third kappa shape index (κ3) is 3.76. The number of morpholine rings is 1. The Balaban J connectivity index is 1.35. The minimum absolute atomic E-state index is 0.0269. The molecule has 0 bridgehead atoms. The summed E-state index contributed by atoms with van der Waals surface area (Å²) in [5, 5.41) is 0. The summed E-state index contributed by atoms with van der Waals surface area (Å²) >= 11 is 0. The Hall–Kier alpha value is -1.35. The summed E-state index contributed by atoms with van der Waals surface area (Å²) in [6.45, 7) is 7.81. The lowest BCUT2D eigenvalue weighted by Crippen LogP contribution is -2.50. The predicted molar refractivity (Wildman–Crippen MR) is 107 cm³/mol. The zero-order valence-electron chi connectivity index (χ0n) is 17.5. The van der Waals surface area contributed by atoms with E-state index >= 15 is 0 Å². The molecule has 1 aromatic rings. The van der Waals surface area contributed by atoms with Crippen molar-refractivity contribution >= 4 is 5.82 Å². The van der Waals surface area contributed by atoms with Gasteiger partial charge in [-0.25, -0.2) is 19.8 Å². The molecule has 1 aromatic heterocycles. The summed E-state index contributed by atoms with van der Waals surface area (Å²) in [6.07, 6.45) is 3.66. The van der Waals surface area contributed by atoms with Crippen LogP contribution in [0.3, 0.4) is 0 Å². The lowest BCUT2D eigenvalue weighted by atomic mass is 9.78. The van der Waals surface area contributed by atoms with Gasteiger partial charge in [-0.05, 0) is 46.5 Å². The van der Waals surface area contributed by atoms with Gasteiger partial charge in [0.1, 0.15) is 18.3 Å². The Morgan fingerprint density at radius 2 is 1.93 bits per heavy atom. The maximum atomic E-state index is 14.7. The molecule has 4 fully saturated rings. The number of anilines is 1. The van der Waals surface area contributed by atoms with E-state index in [0.717, 1.165) is 24.4 Å². The number of aromatic nitrogens is 2. The van der Waals surface area contributed by atoms with Crippen molar-refractivity contribution in [1.29, 1.82) is 0 Å². The van der Waals surface area contributed by atoms with Crippen molar-refractivity contribution in [3.63, 3.8) is 0 Å². The van der Waals surface area contributed by atoms with Crippen LogP contribution in [0, 0.1) is 5.92 Å². The molecule has 3 heterocycles. The molecular weight excluding hydrogens is 373 g/mol. The molecule has 0 aromatic carbocycles. The zero-order chi connectivity index (χ0) is 20.2. The van der Waals surface area contributed by atoms with Gasteiger partial charge >= 0.3 is 0 Å². The van der Waals surface area contributed by atoms with Gasteiger partial charge in [-0.2, -0.15) is 0 Å². The second kappa shape index (κ2) is 7.41. The number of hydrazine groups is 1. The van der Waals surface area contributed by atoms with E-state index in [0.29, 0.717) is 26.1 Å². The third-order valence-corrected chi connectivity index (χ3v) is 7.07. The van der Waals surface area contributed by atoms with E-state index in [1.807, 2.05) is 0 Å². The fourth-order valence-electron chi connectivity index (χ4n) is 5.19. The van der Waals surface area contributed by atoms with Crippen molar-refractivity contribution < 1.29 is 13.9 Å². The second-order valence-corrected chi connectivity index (χ2v) is 9.57. The van der Waals surface area contributed by atoms with E-state index in [9.17, 15) is 4.39 Å². The number of rotatable bonds is 4. The SMILES string of the molecule is C[C@@H]1COC[C@H](C)N1c1cc(C2NNC3CC(F)C(OC4(C)CC4)CC32)ncn1. The van der Waals surface area contributed by atoms with Crippen molar-refractivity contribution in [2.45, 2.75) is 88.5 Å². The first-order chi connectivity index (χ1) is 13.9. The minimum Gasteiger partial charge on any atom is -0.377 e. The Morgan fingerprint density at radius 1 is 1.17 bits per heavy atom. The van der Waals surface area contributed by atoms with Gasteiger partial charge in [0.2, 0.25) is 0 Å². The molecule has 2 N–H and O–H groups in total. The average molecular weight is 406 g/mol. The van der Waals surface area contributed by atoms with Crippen LogP contribution in [0.1, 0.15) is 58.2 Å². The standard InChI is InChI=1S/C21H32FN5O2/c1-12-9-28-10-13(2)27(12)19-8-17(23-11-24-19)20-14-6-18(29-21(3)4-5-21)15(22)7-16(14)25-26-20/h8,11-16,18,20,25-26H,4-7,9-10H2,1-3H3/t12-,13+,14?,15?,16?,18?,20?. The number of nitrogens with one attached hydrogen (secondary N) is 2. The zero-order valence-corrected chi connectivity index (χ0v) is 17.5. The normalized spacial score (nSPS) is 41.2. The lowest BCUT2D eigenvalue weighted by molar-refractivity contribution is -0.0886. The van der Waals surface area contributed by atoms with Crippen LogP contribution in [-0.4, -0.2) is 59.2 Å². The molecular formula is C21H32FN5O2. The van der Waals surface area contributed by atoms with Crippen molar-refractivity contribution in [1.82, 2.24) is 20.8 Å². The van der Waals surface area contributed by atoms with Crippen molar-refractivity contribution in [2.24, 2.45) is 5.92 Å². The van der Waals surface area contributed by atoms with Gasteiger partial charge in [0, 0.05) is 18.0 Å². The Morgan fingerprint density at radius 3 is 2.66 bits per heavy atom. The van der Waals surface area contributed by atoms with Crippen LogP contribution >= 0.6 is 0 Å². The molecule has 160 valence electrons. The maximum absolute atomic E-state index is 14.7. The van der Waals surface area contributed by atoms with Gasteiger partial charge in [0.05, 0.1) is 48.7 Å². The highest BCUT2D eigenvalue weighted by Crippen LogP contribution is 2.45. The first-order valence-electron chi connectivity index (χ1n) is 10.9. The summed E-state index contributed by atoms with van der Waals surface area (Å²) in [6, 6.07) is 2.74. The number of hydrogen-bond acceptors (Lipinski definition) is 7. The summed E-state index contributed by atoms with van der Waals surface area (Å²) in [5.41, 5.74) is 7.54. The highest BCUT2D eigenvalue weighted by Gasteiger charge is 2.50. The van der Waals surface area contributed by atoms with E-state index < -0.39 is 6.17 Å². The summed E-state index contributed by atoms with van der Waals surface area (Å²) in [4.78, 5) is 11.4. The number of alkyl halides is 1. The van der Waals surface area contributed by atoms with Crippen LogP contribution in [0.2, 0.25) is 0 Å². The summed E-state index contributed by atoms with van der Waals surface area (Å²) in [5.74, 6) is 1.18. The largest absolute Gasteiger partial charge is 0.377 e. The number of ether oxygens (including phenoxy) is 2. The summed E-state index contributed by atoms with van der Waals surface area (Å²) < 4.78 is 26.5. The van der Waals surface area contributed by atoms with Gasteiger partial charge in [0.15, 0.2) is 0 Å². The molecule has 5 rings (SSSR count). The van der Waals surface area contributed by atoms with E-state index in [4.69, 9.17) is 9.47 Å². The quantitative estimate of drug-likeness (QED) is 0.796. The first kappa shape index (κ1) is 19.6. The molecule has 7 nitrogen and oxygen atoms in total. The molecule has 7 atom stereocenters. The lowest BCUT2D eigenvalue weighted by Gasteiger charge is -2.40. The molecule has 2 saturated heterocycles. The molecule has 0 spiro atoms. The van der Waals surface area contributed by atoms with E-state index in [1.165, 1.54) is 0 Å². The predicted octanol–water partition coefficient (Wildman–Crippen LogP) is 2.29. The summed E-state index contributed by atoms with van der Waals surface area (Å²) in [7, 11) is 0. The van der Waals surface area contributed by atoms with Crippen LogP contribution in [-0.2, 0) is 9.47 Å². The molecule has 4 aliphatic rings. The Bertz CT molecular complexity index is 738. The monoisotopic (exact) mass is 405 g/mol. The first-order valence-corrected chi connectivity index (χ1v) is 10.9. The van der Waals surface area contributed by atoms with Gasteiger partial charge in [-0.3, -0.25) is 5.43 Å². The number of hydrogen-bond donors (Lipinski definition) is 2. The fourth-order valence-corrected chi connectivity index (χ4v) is 5.19. The van der Waals surface area contributed by atoms with Crippen LogP contribution < -0.4 is 15.8 Å². The number of nitrogens with zero attached hydrogens (tertiary/aromatic N) is 3. The van der Waals surface area contributed by atoms with E-state index in [1.54, 1.807) is 6.33 Å². The molecule has 8 heteroatoms. The molecule has 2 saturated carbocycles. The molecule has 5 unspecified atom stereocenters. The highest BCUT2D eigenvalue weighted by molar-refractivity contribution is 5.43. The van der Waals surface area contributed by atoms with Gasteiger partial charge in [-0.1, -0.05) is 0 Å². The van der Waals surface area contributed by atoms with Crippen molar-refractivity contribution in [3.05, 3.63) is 18.1 Å². The molecule has 0 amide bonds. The van der Waals surface area contributed by atoms with Crippen LogP contribution in [0.5, 0.6) is 0 Å². The topological polar surface area (TPSA) is 71.5 Å². The fraction of sp³-hybridized carbons (Fsp3) is 0.810. The Kier molecular flexibility index (Phi) is 5.01.